The highest BCUT2D eigenvalue weighted by Gasteiger charge is 2.35. The lowest BCUT2D eigenvalue weighted by Gasteiger charge is -2.17. The van der Waals surface area contributed by atoms with Gasteiger partial charge >= 0.3 is 0 Å². The van der Waals surface area contributed by atoms with Crippen molar-refractivity contribution in [1.82, 2.24) is 5.32 Å². The van der Waals surface area contributed by atoms with Crippen molar-refractivity contribution in [3.63, 3.8) is 0 Å². The lowest BCUT2D eigenvalue weighted by molar-refractivity contribution is -0.126. The van der Waals surface area contributed by atoms with Gasteiger partial charge in [-0.1, -0.05) is 18.2 Å². The molecule has 8 heteroatoms. The van der Waals surface area contributed by atoms with E-state index in [-0.39, 0.29) is 30.8 Å². The van der Waals surface area contributed by atoms with Crippen molar-refractivity contribution in [3.8, 4) is 17.2 Å². The Hall–Kier alpha value is -4.07. The van der Waals surface area contributed by atoms with Gasteiger partial charge in [0, 0.05) is 25.2 Å². The van der Waals surface area contributed by atoms with E-state index in [2.05, 4.69) is 5.32 Å². The van der Waals surface area contributed by atoms with Crippen LogP contribution in [0.15, 0.2) is 66.7 Å². The van der Waals surface area contributed by atoms with Crippen molar-refractivity contribution >= 4 is 17.5 Å². The van der Waals surface area contributed by atoms with Gasteiger partial charge in [-0.25, -0.2) is 4.39 Å². The van der Waals surface area contributed by atoms with Crippen molar-refractivity contribution in [2.24, 2.45) is 5.92 Å². The Morgan fingerprint density at radius 2 is 1.74 bits per heavy atom. The number of ether oxygens (including phenoxy) is 3. The second-order valence-corrected chi connectivity index (χ2v) is 8.22. The summed E-state index contributed by atoms with van der Waals surface area (Å²) in [7, 11) is 0. The molecule has 174 valence electrons. The Bertz CT molecular complexity index is 1200. The van der Waals surface area contributed by atoms with E-state index in [0.29, 0.717) is 42.6 Å². The van der Waals surface area contributed by atoms with Crippen molar-refractivity contribution < 1.29 is 28.2 Å². The van der Waals surface area contributed by atoms with Gasteiger partial charge in [0.25, 0.3) is 0 Å². The second kappa shape index (κ2) is 9.43. The topological polar surface area (TPSA) is 77.1 Å². The summed E-state index contributed by atoms with van der Waals surface area (Å²) in [6.45, 7) is 1.18. The molecule has 3 aromatic rings. The summed E-state index contributed by atoms with van der Waals surface area (Å²) in [6, 6.07) is 18.8. The normalized spacial score (nSPS) is 16.6. The Morgan fingerprint density at radius 3 is 2.53 bits per heavy atom. The fourth-order valence-electron chi connectivity index (χ4n) is 3.99. The monoisotopic (exact) mass is 462 g/mol. The molecule has 0 saturated carbocycles. The van der Waals surface area contributed by atoms with Crippen LogP contribution in [0, 0.1) is 11.7 Å². The molecule has 0 spiro atoms. The lowest BCUT2D eigenvalue weighted by Crippen LogP contribution is -2.32. The molecule has 3 aromatic carbocycles. The van der Waals surface area contributed by atoms with E-state index in [4.69, 9.17) is 14.2 Å². The lowest BCUT2D eigenvalue weighted by atomic mass is 10.1. The highest BCUT2D eigenvalue weighted by Crippen LogP contribution is 2.32. The van der Waals surface area contributed by atoms with Crippen LogP contribution in [-0.4, -0.2) is 25.2 Å². The van der Waals surface area contributed by atoms with Crippen LogP contribution < -0.4 is 24.4 Å². The van der Waals surface area contributed by atoms with Gasteiger partial charge in [0.05, 0.1) is 5.92 Å². The number of carbonyl (C=O) groups excluding carboxylic acids is 2. The van der Waals surface area contributed by atoms with E-state index < -0.39 is 5.92 Å². The van der Waals surface area contributed by atoms with Gasteiger partial charge in [0.15, 0.2) is 11.5 Å². The van der Waals surface area contributed by atoms with Crippen molar-refractivity contribution in [2.45, 2.75) is 19.6 Å². The van der Waals surface area contributed by atoms with E-state index in [1.165, 1.54) is 12.1 Å². The molecule has 0 radical (unpaired) electrons. The third-order valence-electron chi connectivity index (χ3n) is 5.87. The molecule has 1 unspecified atom stereocenters. The first-order chi connectivity index (χ1) is 16.5. The van der Waals surface area contributed by atoms with Crippen molar-refractivity contribution in [1.29, 1.82) is 0 Å². The molecule has 0 aliphatic carbocycles. The van der Waals surface area contributed by atoms with Crippen molar-refractivity contribution in [2.75, 3.05) is 18.2 Å². The number of amides is 2. The molecule has 1 N–H and O–H groups in total. The standard InChI is InChI=1S/C26H23FN2O5/c27-20-4-1-17(2-5-20)15-32-22-8-6-21(7-9-22)29-14-19(12-25(29)30)26(31)28-13-18-3-10-23-24(11-18)34-16-33-23/h1-11,19H,12-16H2,(H,28,31). The first-order valence-electron chi connectivity index (χ1n) is 11.0. The fraction of sp³-hybridized carbons (Fsp3) is 0.231. The van der Waals surface area contributed by atoms with Crippen LogP contribution in [0.3, 0.4) is 0 Å². The summed E-state index contributed by atoms with van der Waals surface area (Å²) in [6.07, 6.45) is 0.162. The molecular weight excluding hydrogens is 439 g/mol. The van der Waals surface area contributed by atoms with E-state index in [1.54, 1.807) is 41.3 Å². The maximum Gasteiger partial charge on any atom is 0.231 e. The average molecular weight is 462 g/mol. The number of hydrogen-bond donors (Lipinski definition) is 1. The Balaban J connectivity index is 1.14. The number of nitrogens with zero attached hydrogens (tertiary/aromatic N) is 1. The van der Waals surface area contributed by atoms with Gasteiger partial charge in [0.1, 0.15) is 18.2 Å². The SMILES string of the molecule is O=C(NCc1ccc2c(c1)OCO2)C1CC(=O)N(c2ccc(OCc3ccc(F)cc3)cc2)C1. The molecule has 5 rings (SSSR count). The largest absolute Gasteiger partial charge is 0.489 e. The molecule has 1 fully saturated rings. The fourth-order valence-corrected chi connectivity index (χ4v) is 3.99. The van der Waals surface area contributed by atoms with Crippen LogP contribution in [0.1, 0.15) is 17.5 Å². The highest BCUT2D eigenvalue weighted by molar-refractivity contribution is 6.00. The number of fused-ring (bicyclic) bond motifs is 1. The van der Waals surface area contributed by atoms with Crippen molar-refractivity contribution in [3.05, 3.63) is 83.7 Å². The third kappa shape index (κ3) is 4.80. The summed E-state index contributed by atoms with van der Waals surface area (Å²) in [4.78, 5) is 26.9. The maximum absolute atomic E-state index is 13.0. The van der Waals surface area contributed by atoms with Crippen LogP contribution in [0.25, 0.3) is 0 Å². The van der Waals surface area contributed by atoms with Crippen LogP contribution in [0.2, 0.25) is 0 Å². The Morgan fingerprint density at radius 1 is 1.00 bits per heavy atom. The second-order valence-electron chi connectivity index (χ2n) is 8.22. The Kier molecular flexibility index (Phi) is 6.03. The number of anilines is 1. The zero-order valence-electron chi connectivity index (χ0n) is 18.3. The molecule has 0 bridgehead atoms. The van der Waals surface area contributed by atoms with Crippen LogP contribution >= 0.6 is 0 Å². The first kappa shape index (κ1) is 21.8. The van der Waals surface area contributed by atoms with Crippen LogP contribution in [0.5, 0.6) is 17.2 Å². The molecule has 7 nitrogen and oxygen atoms in total. The molecule has 1 atom stereocenters. The summed E-state index contributed by atoms with van der Waals surface area (Å²) in [5, 5.41) is 2.91. The molecule has 2 heterocycles. The number of benzene rings is 3. The molecular formula is C26H23FN2O5. The predicted molar refractivity (Wildman–Crippen MR) is 122 cm³/mol. The molecule has 34 heavy (non-hydrogen) atoms. The molecule has 2 amide bonds. The van der Waals surface area contributed by atoms with Crippen LogP contribution in [0.4, 0.5) is 10.1 Å². The summed E-state index contributed by atoms with van der Waals surface area (Å²) >= 11 is 0. The quantitative estimate of drug-likeness (QED) is 0.578. The molecule has 0 aromatic heterocycles. The number of halogens is 1. The van der Waals surface area contributed by atoms with Gasteiger partial charge in [-0.05, 0) is 59.7 Å². The van der Waals surface area contributed by atoms with Gasteiger partial charge in [0.2, 0.25) is 18.6 Å². The van der Waals surface area contributed by atoms with E-state index in [1.807, 2.05) is 18.2 Å². The van der Waals surface area contributed by atoms with E-state index >= 15 is 0 Å². The van der Waals surface area contributed by atoms with Crippen LogP contribution in [-0.2, 0) is 22.7 Å². The van der Waals surface area contributed by atoms with Gasteiger partial charge < -0.3 is 24.4 Å². The first-order valence-corrected chi connectivity index (χ1v) is 11.0. The van der Waals surface area contributed by atoms with Gasteiger partial charge in [-0.3, -0.25) is 9.59 Å². The maximum atomic E-state index is 13.0. The summed E-state index contributed by atoms with van der Waals surface area (Å²) in [5.41, 5.74) is 2.47. The minimum atomic E-state index is -0.420. The number of nitrogens with one attached hydrogen (secondary N) is 1. The number of rotatable bonds is 7. The van der Waals surface area contributed by atoms with Gasteiger partial charge in [-0.2, -0.15) is 0 Å². The number of hydrogen-bond acceptors (Lipinski definition) is 5. The summed E-state index contributed by atoms with van der Waals surface area (Å²) in [5.74, 6) is 1.03. The minimum Gasteiger partial charge on any atom is -0.489 e. The van der Waals surface area contributed by atoms with Gasteiger partial charge in [-0.15, -0.1) is 0 Å². The zero-order valence-corrected chi connectivity index (χ0v) is 18.3. The van der Waals surface area contributed by atoms with E-state index in [0.717, 1.165) is 11.1 Å². The average Bonchev–Trinajstić information content (AvgIpc) is 3.48. The smallest absolute Gasteiger partial charge is 0.231 e. The Labute approximate surface area is 196 Å². The van der Waals surface area contributed by atoms with E-state index in [9.17, 15) is 14.0 Å². The predicted octanol–water partition coefficient (Wildman–Crippen LogP) is 3.80. The molecule has 1 saturated heterocycles. The minimum absolute atomic E-state index is 0.0942. The zero-order chi connectivity index (χ0) is 23.5. The number of carbonyl (C=O) groups is 2. The molecule has 2 aliphatic rings. The summed E-state index contributed by atoms with van der Waals surface area (Å²) < 4.78 is 29.4. The molecule has 2 aliphatic heterocycles. The third-order valence-corrected chi connectivity index (χ3v) is 5.87. The highest BCUT2D eigenvalue weighted by atomic mass is 19.1.